The first-order chi connectivity index (χ1) is 9.88. The van der Waals surface area contributed by atoms with Crippen molar-refractivity contribution in [3.05, 3.63) is 0 Å². The minimum Gasteiger partial charge on any atom is -0.396 e. The second-order valence-corrected chi connectivity index (χ2v) is 6.40. The molecule has 2 unspecified atom stereocenters. The molecular formula is C18H36O2. The molecule has 2 heteroatoms. The Morgan fingerprint density at radius 2 is 1.10 bits per heavy atom. The Morgan fingerprint density at radius 1 is 0.650 bits per heavy atom. The van der Waals surface area contributed by atoms with Gasteiger partial charge in [-0.25, -0.2) is 0 Å². The predicted octanol–water partition coefficient (Wildman–Crippen LogP) is 5.23. The van der Waals surface area contributed by atoms with Crippen molar-refractivity contribution in [3.63, 3.8) is 0 Å². The lowest BCUT2D eigenvalue weighted by atomic mass is 10.0. The molecule has 0 spiro atoms. The third-order valence-corrected chi connectivity index (χ3v) is 4.43. The molecule has 120 valence electrons. The number of aliphatic hydroxyl groups excluding tert-OH is 1. The van der Waals surface area contributed by atoms with Crippen LogP contribution in [0.15, 0.2) is 0 Å². The van der Waals surface area contributed by atoms with Gasteiger partial charge in [0.2, 0.25) is 0 Å². The summed E-state index contributed by atoms with van der Waals surface area (Å²) < 4.78 is 5.71. The molecule has 0 aliphatic carbocycles. The highest BCUT2D eigenvalue weighted by Gasteiger charge is 2.36. The van der Waals surface area contributed by atoms with E-state index in [1.54, 1.807) is 0 Å². The zero-order valence-electron chi connectivity index (χ0n) is 13.6. The summed E-state index contributed by atoms with van der Waals surface area (Å²) in [6, 6.07) is 0. The van der Waals surface area contributed by atoms with Crippen molar-refractivity contribution < 1.29 is 9.84 Å². The van der Waals surface area contributed by atoms with E-state index < -0.39 is 0 Å². The summed E-state index contributed by atoms with van der Waals surface area (Å²) in [6.45, 7) is 2.62. The SMILES string of the molecule is CCCCCCCCCCCC1OC1CCCCCO. The average Bonchev–Trinajstić information content (AvgIpc) is 3.20. The van der Waals surface area contributed by atoms with Crippen LogP contribution in [0.4, 0.5) is 0 Å². The normalized spacial score (nSPS) is 21.3. The van der Waals surface area contributed by atoms with Gasteiger partial charge in [-0.3, -0.25) is 0 Å². The Balaban J connectivity index is 1.73. The lowest BCUT2D eigenvalue weighted by molar-refractivity contribution is 0.280. The Kier molecular flexibility index (Phi) is 11.4. The summed E-state index contributed by atoms with van der Waals surface area (Å²) in [5.74, 6) is 0. The molecule has 0 aromatic carbocycles. The van der Waals surface area contributed by atoms with Gasteiger partial charge in [0.25, 0.3) is 0 Å². The molecule has 20 heavy (non-hydrogen) atoms. The van der Waals surface area contributed by atoms with E-state index in [0.29, 0.717) is 18.8 Å². The first-order valence-corrected chi connectivity index (χ1v) is 9.14. The summed E-state index contributed by atoms with van der Waals surface area (Å²) in [5, 5.41) is 8.72. The molecule has 0 bridgehead atoms. The van der Waals surface area contributed by atoms with Crippen molar-refractivity contribution in [2.24, 2.45) is 0 Å². The van der Waals surface area contributed by atoms with E-state index in [4.69, 9.17) is 9.84 Å². The van der Waals surface area contributed by atoms with Crippen molar-refractivity contribution in [1.82, 2.24) is 0 Å². The number of epoxide rings is 1. The van der Waals surface area contributed by atoms with Crippen LogP contribution in [0.1, 0.15) is 96.8 Å². The largest absolute Gasteiger partial charge is 0.396 e. The molecule has 1 N–H and O–H groups in total. The van der Waals surface area contributed by atoms with Gasteiger partial charge in [0.1, 0.15) is 0 Å². The summed E-state index contributed by atoms with van der Waals surface area (Å²) in [5.41, 5.74) is 0. The highest BCUT2D eigenvalue weighted by atomic mass is 16.6. The number of aliphatic hydroxyl groups is 1. The van der Waals surface area contributed by atoms with Crippen LogP contribution in [0.25, 0.3) is 0 Å². The molecule has 0 aromatic heterocycles. The molecule has 1 aliphatic heterocycles. The minimum absolute atomic E-state index is 0.341. The fourth-order valence-corrected chi connectivity index (χ4v) is 2.98. The summed E-state index contributed by atoms with van der Waals surface area (Å²) in [4.78, 5) is 0. The minimum atomic E-state index is 0.341. The van der Waals surface area contributed by atoms with E-state index in [0.717, 1.165) is 12.8 Å². The standard InChI is InChI=1S/C18H36O2/c1-2-3-4-5-6-7-8-9-11-14-17-18(20-17)15-12-10-13-16-19/h17-19H,2-16H2,1H3. The van der Waals surface area contributed by atoms with Gasteiger partial charge in [0.15, 0.2) is 0 Å². The number of hydrogen-bond donors (Lipinski definition) is 1. The van der Waals surface area contributed by atoms with Crippen molar-refractivity contribution >= 4 is 0 Å². The molecule has 1 fully saturated rings. The first kappa shape index (κ1) is 18.0. The van der Waals surface area contributed by atoms with E-state index in [2.05, 4.69) is 6.92 Å². The van der Waals surface area contributed by atoms with Crippen molar-refractivity contribution in [2.45, 2.75) is 109 Å². The Labute approximate surface area is 126 Å². The fourth-order valence-electron chi connectivity index (χ4n) is 2.98. The monoisotopic (exact) mass is 284 g/mol. The molecule has 1 saturated heterocycles. The van der Waals surface area contributed by atoms with Gasteiger partial charge >= 0.3 is 0 Å². The quantitative estimate of drug-likeness (QED) is 0.330. The molecule has 0 aromatic rings. The van der Waals surface area contributed by atoms with Crippen LogP contribution in [0, 0.1) is 0 Å². The van der Waals surface area contributed by atoms with Gasteiger partial charge in [-0.1, -0.05) is 77.6 Å². The third-order valence-electron chi connectivity index (χ3n) is 4.43. The number of unbranched alkanes of at least 4 members (excludes halogenated alkanes) is 10. The predicted molar refractivity (Wildman–Crippen MR) is 86.1 cm³/mol. The van der Waals surface area contributed by atoms with Crippen LogP contribution in [0.3, 0.4) is 0 Å². The smallest absolute Gasteiger partial charge is 0.0841 e. The summed E-state index contributed by atoms with van der Waals surface area (Å²) in [6.07, 6.45) is 19.6. The molecule has 2 nitrogen and oxygen atoms in total. The lowest BCUT2D eigenvalue weighted by Gasteiger charge is -2.01. The van der Waals surface area contributed by atoms with E-state index in [9.17, 15) is 0 Å². The number of ether oxygens (including phenoxy) is 1. The Morgan fingerprint density at radius 3 is 1.60 bits per heavy atom. The zero-order chi connectivity index (χ0) is 14.5. The van der Waals surface area contributed by atoms with Crippen molar-refractivity contribution in [3.8, 4) is 0 Å². The lowest BCUT2D eigenvalue weighted by Crippen LogP contribution is -1.95. The molecular weight excluding hydrogens is 248 g/mol. The van der Waals surface area contributed by atoms with Crippen LogP contribution < -0.4 is 0 Å². The van der Waals surface area contributed by atoms with Gasteiger partial charge in [-0.2, -0.15) is 0 Å². The van der Waals surface area contributed by atoms with Crippen LogP contribution in [-0.4, -0.2) is 23.9 Å². The second-order valence-electron chi connectivity index (χ2n) is 6.40. The molecule has 1 rings (SSSR count). The Hall–Kier alpha value is -0.0800. The van der Waals surface area contributed by atoms with Crippen LogP contribution in [0.2, 0.25) is 0 Å². The maximum Gasteiger partial charge on any atom is 0.0841 e. The van der Waals surface area contributed by atoms with Gasteiger partial charge in [-0.05, 0) is 19.3 Å². The summed E-state index contributed by atoms with van der Waals surface area (Å²) >= 11 is 0. The zero-order valence-corrected chi connectivity index (χ0v) is 13.6. The molecule has 0 amide bonds. The maximum absolute atomic E-state index is 8.72. The maximum atomic E-state index is 8.72. The molecule has 2 atom stereocenters. The van der Waals surface area contributed by atoms with E-state index in [1.165, 1.54) is 77.0 Å². The highest BCUT2D eigenvalue weighted by molar-refractivity contribution is 4.84. The van der Waals surface area contributed by atoms with Crippen molar-refractivity contribution in [1.29, 1.82) is 0 Å². The average molecular weight is 284 g/mol. The van der Waals surface area contributed by atoms with E-state index in [-0.39, 0.29) is 0 Å². The fraction of sp³-hybridized carbons (Fsp3) is 1.00. The van der Waals surface area contributed by atoms with Crippen molar-refractivity contribution in [2.75, 3.05) is 6.61 Å². The Bertz CT molecular complexity index is 206. The van der Waals surface area contributed by atoms with Crippen LogP contribution in [0.5, 0.6) is 0 Å². The molecule has 1 heterocycles. The van der Waals surface area contributed by atoms with Crippen LogP contribution >= 0.6 is 0 Å². The topological polar surface area (TPSA) is 32.8 Å². The number of hydrogen-bond acceptors (Lipinski definition) is 2. The molecule has 1 aliphatic rings. The number of rotatable bonds is 15. The van der Waals surface area contributed by atoms with Gasteiger partial charge in [-0.15, -0.1) is 0 Å². The molecule has 0 radical (unpaired) electrons. The van der Waals surface area contributed by atoms with Gasteiger partial charge < -0.3 is 9.84 Å². The van der Waals surface area contributed by atoms with Gasteiger partial charge in [0, 0.05) is 6.61 Å². The molecule has 0 saturated carbocycles. The van der Waals surface area contributed by atoms with Crippen LogP contribution in [-0.2, 0) is 4.74 Å². The van der Waals surface area contributed by atoms with E-state index in [1.807, 2.05) is 0 Å². The summed E-state index contributed by atoms with van der Waals surface area (Å²) in [7, 11) is 0. The first-order valence-electron chi connectivity index (χ1n) is 9.14. The highest BCUT2D eigenvalue weighted by Crippen LogP contribution is 2.31. The van der Waals surface area contributed by atoms with Gasteiger partial charge in [0.05, 0.1) is 12.2 Å². The third kappa shape index (κ3) is 9.77. The second kappa shape index (κ2) is 12.6. The van der Waals surface area contributed by atoms with E-state index >= 15 is 0 Å².